The molecule has 0 saturated heterocycles. The summed E-state index contributed by atoms with van der Waals surface area (Å²) in [6.07, 6.45) is 0. The molecule has 0 aliphatic heterocycles. The van der Waals surface area contributed by atoms with Gasteiger partial charge >= 0.3 is 71.4 Å². The Bertz CT molecular complexity index is 197. The zero-order chi connectivity index (χ0) is 14.9. The number of rotatable bonds is 0. The minimum Gasteiger partial charge on any atom is -0.116 e. The first kappa shape index (κ1) is 24.4. The van der Waals surface area contributed by atoms with Crippen LogP contribution in [0.3, 0.4) is 0 Å². The molecule has 0 spiro atoms. The predicted molar refractivity (Wildman–Crippen MR) is 92.5 cm³/mol. The second-order valence-electron chi connectivity index (χ2n) is 5.66. The minimum absolute atomic E-state index is 0.0592. The molecule has 0 nitrogen and oxygen atoms in total. The van der Waals surface area contributed by atoms with Crippen LogP contribution < -0.4 is 0 Å². The van der Waals surface area contributed by atoms with Crippen molar-refractivity contribution in [3.05, 3.63) is 0 Å². The summed E-state index contributed by atoms with van der Waals surface area (Å²) in [5.74, 6) is 0. The van der Waals surface area contributed by atoms with Gasteiger partial charge in [0.2, 0.25) is 0 Å². The summed E-state index contributed by atoms with van der Waals surface area (Å²) in [5, 5.41) is 0. The van der Waals surface area contributed by atoms with Crippen LogP contribution in [-0.4, -0.2) is 44.2 Å². The zero-order valence-corrected chi connectivity index (χ0v) is 19.8. The smallest absolute Gasteiger partial charge is 0.0449 e. The van der Waals surface area contributed by atoms with E-state index in [1.165, 1.54) is 0 Å². The van der Waals surface area contributed by atoms with Gasteiger partial charge in [-0.25, -0.2) is 0 Å². The van der Waals surface area contributed by atoms with Crippen LogP contribution in [0.2, 0.25) is 0 Å². The van der Waals surface area contributed by atoms with Gasteiger partial charge in [0.15, 0.2) is 0 Å². The van der Waals surface area contributed by atoms with E-state index in [9.17, 15) is 0 Å². The summed E-state index contributed by atoms with van der Waals surface area (Å²) in [6, 6.07) is 0. The summed E-state index contributed by atoms with van der Waals surface area (Å²) in [4.78, 5) is 0. The van der Waals surface area contributed by atoms with Crippen LogP contribution >= 0.6 is 43.4 Å². The van der Waals surface area contributed by atoms with E-state index in [2.05, 4.69) is 40.0 Å². The van der Waals surface area contributed by atoms with Crippen molar-refractivity contribution in [2.75, 3.05) is 40.0 Å². The number of hydrogen-bond donors (Lipinski definition) is 0. The van der Waals surface area contributed by atoms with Crippen molar-refractivity contribution in [1.29, 1.82) is 0 Å². The maximum Gasteiger partial charge on any atom is -0.0449 e. The van der Waals surface area contributed by atoms with Gasteiger partial charge < -0.3 is 0 Å². The van der Waals surface area contributed by atoms with E-state index in [1.807, 2.05) is 25.0 Å². The Balaban J connectivity index is -0.000000205. The van der Waals surface area contributed by atoms with Crippen molar-refractivity contribution in [2.45, 2.75) is 20.8 Å². The Morgan fingerprint density at radius 3 is 0.941 bits per heavy atom. The maximum absolute atomic E-state index is 5.71. The van der Waals surface area contributed by atoms with Crippen molar-refractivity contribution in [2.24, 2.45) is 5.41 Å². The Morgan fingerprint density at radius 2 is 0.941 bits per heavy atom. The predicted octanol–water partition coefficient (Wildman–Crippen LogP) is 6.17. The largest absolute Gasteiger partial charge is 0.116 e. The van der Waals surface area contributed by atoms with Gasteiger partial charge in [0.1, 0.15) is 0 Å². The number of halogens is 3. The summed E-state index contributed by atoms with van der Waals surface area (Å²) in [7, 11) is 17.9. The van der Waals surface area contributed by atoms with E-state index in [-0.39, 0.29) is 5.41 Å². The Morgan fingerprint density at radius 1 is 0.765 bits per heavy atom. The van der Waals surface area contributed by atoms with Crippen molar-refractivity contribution >= 4 is 47.6 Å². The fourth-order valence-electron chi connectivity index (χ4n) is 0.439. The average Bonchev–Trinajstić information content (AvgIpc) is 1.70. The van der Waals surface area contributed by atoms with Gasteiger partial charge in [-0.15, -0.1) is 15.8 Å². The molecule has 0 fully saturated rings. The third-order valence-electron chi connectivity index (χ3n) is 0.534. The second kappa shape index (κ2) is 12.1. The van der Waals surface area contributed by atoms with E-state index < -0.39 is 13.4 Å². The average molecular weight is 510 g/mol. The standard InChI is InChI=1S/C5H10.2C3H9P.3ClH.Ta/c1-5(2,3)4;2*1-4(2)3;;;;/h1H,2-4H3;2*1-3H3;3*1H;/q;;;;;;+3/p-3. The van der Waals surface area contributed by atoms with Gasteiger partial charge in [-0.1, -0.05) is 0 Å². The normalized spacial score (nSPS) is 11.4. The van der Waals surface area contributed by atoms with Crippen LogP contribution in [0.5, 0.6) is 0 Å². The first-order chi connectivity index (χ1) is 7.17. The van der Waals surface area contributed by atoms with Gasteiger partial charge in [-0.3, -0.25) is 0 Å². The molecule has 0 radical (unpaired) electrons. The maximum atomic E-state index is 5.71. The fourth-order valence-corrected chi connectivity index (χ4v) is 10.8. The second-order valence-corrected chi connectivity index (χ2v) is 32.8. The van der Waals surface area contributed by atoms with E-state index in [0.717, 1.165) is 0 Å². The van der Waals surface area contributed by atoms with Gasteiger partial charge in [-0.2, -0.15) is 0 Å². The third kappa shape index (κ3) is 70.4. The summed E-state index contributed by atoms with van der Waals surface area (Å²) in [5.41, 5.74) is 0.0592. The molecular formula is C11H28Cl3P2Ta. The quantitative estimate of drug-likeness (QED) is 0.343. The topological polar surface area (TPSA) is 0 Å². The zero-order valence-electron chi connectivity index (χ0n) is 12.6. The minimum atomic E-state index is -3.20. The molecule has 0 aromatic rings. The summed E-state index contributed by atoms with van der Waals surface area (Å²) < 4.78 is 1.89. The molecule has 0 amide bonds. The Labute approximate surface area is 126 Å². The molecule has 0 saturated carbocycles. The van der Waals surface area contributed by atoms with Crippen LogP contribution in [0.25, 0.3) is 0 Å². The summed E-state index contributed by atoms with van der Waals surface area (Å²) >= 11 is -3.20. The van der Waals surface area contributed by atoms with E-state index >= 15 is 0 Å². The molecule has 6 heteroatoms. The van der Waals surface area contributed by atoms with E-state index in [0.29, 0.717) is 15.8 Å². The first-order valence-electron chi connectivity index (χ1n) is 5.24. The van der Waals surface area contributed by atoms with Crippen LogP contribution in [0, 0.1) is 5.41 Å². The molecule has 0 aliphatic rings. The summed E-state index contributed by atoms with van der Waals surface area (Å²) in [6.45, 7) is 19.5. The Hall–Kier alpha value is 2.34. The molecule has 0 aliphatic carbocycles. The molecule has 0 heterocycles. The van der Waals surface area contributed by atoms with Crippen molar-refractivity contribution in [3.63, 3.8) is 0 Å². The van der Waals surface area contributed by atoms with Crippen molar-refractivity contribution in [1.82, 2.24) is 0 Å². The monoisotopic (exact) mass is 508 g/mol. The van der Waals surface area contributed by atoms with Gasteiger partial charge in [-0.05, 0) is 40.0 Å². The van der Waals surface area contributed by atoms with Crippen molar-refractivity contribution in [3.8, 4) is 0 Å². The molecule has 17 heavy (non-hydrogen) atoms. The first-order valence-corrected chi connectivity index (χ1v) is 24.4. The van der Waals surface area contributed by atoms with Crippen LogP contribution in [0.15, 0.2) is 0 Å². The van der Waals surface area contributed by atoms with Gasteiger partial charge in [0.05, 0.1) is 0 Å². The van der Waals surface area contributed by atoms with Crippen molar-refractivity contribution < 1.29 is 13.4 Å². The SMILES string of the molecule is CC(C)(C)[CH]=[Ta]([Cl])([Cl])[Cl].CP(C)C.CP(C)C. The van der Waals surface area contributed by atoms with Gasteiger partial charge in [0, 0.05) is 0 Å². The molecule has 0 unspecified atom stereocenters. The van der Waals surface area contributed by atoms with Gasteiger partial charge in [0.25, 0.3) is 0 Å². The van der Waals surface area contributed by atoms with E-state index in [1.54, 1.807) is 0 Å². The molecule has 0 aromatic carbocycles. The van der Waals surface area contributed by atoms with Crippen LogP contribution in [0.4, 0.5) is 0 Å². The Kier molecular flexibility index (Phi) is 17.4. The molecule has 0 aromatic heterocycles. The third-order valence-corrected chi connectivity index (χ3v) is 6.76. The molecule has 0 N–H and O–H groups in total. The van der Waals surface area contributed by atoms with E-state index in [4.69, 9.17) is 27.6 Å². The molecule has 0 bridgehead atoms. The van der Waals surface area contributed by atoms with Crippen LogP contribution in [-0.2, 0) is 13.4 Å². The van der Waals surface area contributed by atoms with Crippen LogP contribution in [0.1, 0.15) is 20.8 Å². The fraction of sp³-hybridized carbons (Fsp3) is 0.909. The molecule has 0 rings (SSSR count). The molecule has 0 atom stereocenters. The molecule has 108 valence electrons. The number of hydrogen-bond acceptors (Lipinski definition) is 0. The molecular weight excluding hydrogens is 481 g/mol.